The minimum absolute atomic E-state index is 0.698. The summed E-state index contributed by atoms with van der Waals surface area (Å²) in [5, 5.41) is 3.85. The highest BCUT2D eigenvalue weighted by Crippen LogP contribution is 2.35. The van der Waals surface area contributed by atoms with E-state index in [2.05, 4.69) is 34.0 Å². The number of aromatic amines is 1. The normalized spacial score (nSPS) is 30.9. The predicted octanol–water partition coefficient (Wildman–Crippen LogP) is 2.05. The Bertz CT molecular complexity index is 387. The van der Waals surface area contributed by atoms with E-state index in [1.54, 1.807) is 6.33 Å². The van der Waals surface area contributed by atoms with Gasteiger partial charge < -0.3 is 15.2 Å². The van der Waals surface area contributed by atoms with Crippen molar-refractivity contribution in [3.63, 3.8) is 0 Å². The van der Waals surface area contributed by atoms with Crippen LogP contribution in [0.4, 0.5) is 0 Å². The molecule has 112 valence electrons. The van der Waals surface area contributed by atoms with E-state index in [4.69, 9.17) is 0 Å². The molecule has 20 heavy (non-hydrogen) atoms. The Labute approximate surface area is 122 Å². The number of nitrogens with one attached hydrogen (secondary N) is 2. The number of imidazole rings is 1. The number of rotatable bonds is 5. The van der Waals surface area contributed by atoms with Gasteiger partial charge in [-0.2, -0.15) is 0 Å². The quantitative estimate of drug-likeness (QED) is 0.865. The molecule has 3 rings (SSSR count). The summed E-state index contributed by atoms with van der Waals surface area (Å²) in [7, 11) is 0. The van der Waals surface area contributed by atoms with Gasteiger partial charge in [-0.1, -0.05) is 6.42 Å². The molecule has 0 aromatic carbocycles. The fourth-order valence-corrected chi connectivity index (χ4v) is 4.02. The molecule has 2 fully saturated rings. The van der Waals surface area contributed by atoms with Crippen molar-refractivity contribution in [2.45, 2.75) is 51.6 Å². The monoisotopic (exact) mass is 276 g/mol. The molecule has 0 radical (unpaired) electrons. The van der Waals surface area contributed by atoms with E-state index >= 15 is 0 Å². The van der Waals surface area contributed by atoms with Crippen molar-refractivity contribution in [2.24, 2.45) is 11.8 Å². The Morgan fingerprint density at radius 1 is 1.35 bits per heavy atom. The van der Waals surface area contributed by atoms with Crippen LogP contribution >= 0.6 is 0 Å². The van der Waals surface area contributed by atoms with Crippen LogP contribution in [0.15, 0.2) is 12.5 Å². The van der Waals surface area contributed by atoms with E-state index in [0.717, 1.165) is 30.8 Å². The molecule has 4 nitrogen and oxygen atoms in total. The highest BCUT2D eigenvalue weighted by atomic mass is 15.2. The minimum atomic E-state index is 0.698. The first-order chi connectivity index (χ1) is 9.74. The molecular formula is C16H28N4. The van der Waals surface area contributed by atoms with Gasteiger partial charge in [0.15, 0.2) is 0 Å². The molecule has 1 aliphatic carbocycles. The maximum atomic E-state index is 4.08. The van der Waals surface area contributed by atoms with E-state index in [1.165, 1.54) is 38.0 Å². The second-order valence-electron chi connectivity index (χ2n) is 6.81. The molecule has 1 saturated heterocycles. The van der Waals surface area contributed by atoms with E-state index < -0.39 is 0 Å². The third-order valence-electron chi connectivity index (χ3n) is 5.16. The number of hydrogen-bond acceptors (Lipinski definition) is 3. The third-order valence-corrected chi connectivity index (χ3v) is 5.16. The van der Waals surface area contributed by atoms with Crippen molar-refractivity contribution in [3.05, 3.63) is 18.2 Å². The summed E-state index contributed by atoms with van der Waals surface area (Å²) in [6.45, 7) is 8.32. The number of H-pyrrole nitrogens is 1. The van der Waals surface area contributed by atoms with Gasteiger partial charge in [-0.3, -0.25) is 0 Å². The topological polar surface area (TPSA) is 44.0 Å². The maximum absolute atomic E-state index is 4.08. The number of nitrogens with zero attached hydrogens (tertiary/aromatic N) is 2. The van der Waals surface area contributed by atoms with E-state index in [1.807, 2.05) is 6.20 Å². The van der Waals surface area contributed by atoms with Crippen LogP contribution in [0.25, 0.3) is 0 Å². The lowest BCUT2D eigenvalue weighted by atomic mass is 9.73. The third kappa shape index (κ3) is 3.07. The van der Waals surface area contributed by atoms with Crippen LogP contribution in [-0.2, 0) is 6.42 Å². The molecule has 0 amide bonds. The Kier molecular flexibility index (Phi) is 4.41. The number of piperidine rings is 1. The van der Waals surface area contributed by atoms with Crippen LogP contribution in [0.1, 0.15) is 38.8 Å². The van der Waals surface area contributed by atoms with E-state index in [9.17, 15) is 0 Å². The first kappa shape index (κ1) is 14.1. The largest absolute Gasteiger partial charge is 0.348 e. The van der Waals surface area contributed by atoms with Gasteiger partial charge >= 0.3 is 0 Å². The minimum Gasteiger partial charge on any atom is -0.348 e. The Hall–Kier alpha value is -0.870. The second kappa shape index (κ2) is 6.27. The van der Waals surface area contributed by atoms with Gasteiger partial charge in [-0.05, 0) is 38.5 Å². The molecule has 2 aliphatic rings. The first-order valence-corrected chi connectivity index (χ1v) is 8.18. The Morgan fingerprint density at radius 2 is 2.10 bits per heavy atom. The maximum Gasteiger partial charge on any atom is 0.0921 e. The number of aromatic nitrogens is 2. The molecule has 0 spiro atoms. The van der Waals surface area contributed by atoms with Gasteiger partial charge in [0.1, 0.15) is 0 Å². The van der Waals surface area contributed by atoms with Gasteiger partial charge in [0, 0.05) is 50.0 Å². The molecule has 1 aliphatic heterocycles. The fraction of sp³-hybridized carbons (Fsp3) is 0.812. The highest BCUT2D eigenvalue weighted by molar-refractivity contribution is 4.98. The molecule has 1 aromatic heterocycles. The fourth-order valence-electron chi connectivity index (χ4n) is 4.02. The summed E-state index contributed by atoms with van der Waals surface area (Å²) in [4.78, 5) is 9.95. The molecule has 2 bridgehead atoms. The summed E-state index contributed by atoms with van der Waals surface area (Å²) < 4.78 is 0. The van der Waals surface area contributed by atoms with E-state index in [-0.39, 0.29) is 0 Å². The molecule has 2 atom stereocenters. The summed E-state index contributed by atoms with van der Waals surface area (Å²) in [5.74, 6) is 1.71. The van der Waals surface area contributed by atoms with Gasteiger partial charge in [0.05, 0.1) is 6.33 Å². The van der Waals surface area contributed by atoms with Gasteiger partial charge in [-0.25, -0.2) is 4.98 Å². The smallest absolute Gasteiger partial charge is 0.0921 e. The summed E-state index contributed by atoms with van der Waals surface area (Å²) in [6.07, 6.45) is 9.00. The molecular weight excluding hydrogens is 248 g/mol. The lowest BCUT2D eigenvalue weighted by Gasteiger charge is -2.49. The van der Waals surface area contributed by atoms with Crippen molar-refractivity contribution in [1.82, 2.24) is 20.2 Å². The molecule has 2 unspecified atom stereocenters. The standard InChI is InChI=1S/C16H28N4/c1-12(2)20-9-13-4-3-5-14(10-20)16(13)18-7-6-15-8-17-11-19-15/h8,11-14,16,18H,3-7,9-10H2,1-2H3,(H,17,19). The average Bonchev–Trinajstić information content (AvgIpc) is 2.91. The van der Waals surface area contributed by atoms with Crippen LogP contribution in [0.3, 0.4) is 0 Å². The average molecular weight is 276 g/mol. The van der Waals surface area contributed by atoms with E-state index in [0.29, 0.717) is 6.04 Å². The summed E-state index contributed by atoms with van der Waals surface area (Å²) >= 11 is 0. The Balaban J connectivity index is 1.54. The lowest BCUT2D eigenvalue weighted by Crippen LogP contribution is -2.58. The number of fused-ring (bicyclic) bond motifs is 2. The molecule has 2 N–H and O–H groups in total. The zero-order valence-corrected chi connectivity index (χ0v) is 12.8. The van der Waals surface area contributed by atoms with Crippen LogP contribution in [0, 0.1) is 11.8 Å². The van der Waals surface area contributed by atoms with Gasteiger partial charge in [0.2, 0.25) is 0 Å². The van der Waals surface area contributed by atoms with Crippen LogP contribution in [0.2, 0.25) is 0 Å². The van der Waals surface area contributed by atoms with Crippen LogP contribution in [-0.4, -0.2) is 46.6 Å². The second-order valence-corrected chi connectivity index (χ2v) is 6.81. The van der Waals surface area contributed by atoms with Gasteiger partial charge in [0.25, 0.3) is 0 Å². The number of hydrogen-bond donors (Lipinski definition) is 2. The molecule has 1 aromatic rings. The molecule has 4 heteroatoms. The number of likely N-dealkylation sites (tertiary alicyclic amines) is 1. The van der Waals surface area contributed by atoms with Crippen LogP contribution < -0.4 is 5.32 Å². The summed E-state index contributed by atoms with van der Waals surface area (Å²) in [6, 6.07) is 1.44. The van der Waals surface area contributed by atoms with Gasteiger partial charge in [-0.15, -0.1) is 0 Å². The van der Waals surface area contributed by atoms with Crippen molar-refractivity contribution in [3.8, 4) is 0 Å². The predicted molar refractivity (Wildman–Crippen MR) is 81.6 cm³/mol. The van der Waals surface area contributed by atoms with Crippen molar-refractivity contribution < 1.29 is 0 Å². The lowest BCUT2D eigenvalue weighted by molar-refractivity contribution is 0.0299. The highest BCUT2D eigenvalue weighted by Gasteiger charge is 2.39. The summed E-state index contributed by atoms with van der Waals surface area (Å²) in [5.41, 5.74) is 1.24. The van der Waals surface area contributed by atoms with Crippen molar-refractivity contribution in [1.29, 1.82) is 0 Å². The zero-order valence-electron chi connectivity index (χ0n) is 12.8. The van der Waals surface area contributed by atoms with Crippen molar-refractivity contribution in [2.75, 3.05) is 19.6 Å². The SMILES string of the molecule is CC(C)N1CC2CCCC(C1)C2NCCc1cnc[nH]1. The molecule has 1 saturated carbocycles. The Morgan fingerprint density at radius 3 is 2.70 bits per heavy atom. The van der Waals surface area contributed by atoms with Crippen molar-refractivity contribution >= 4 is 0 Å². The zero-order chi connectivity index (χ0) is 13.9. The molecule has 2 heterocycles. The first-order valence-electron chi connectivity index (χ1n) is 8.18. The van der Waals surface area contributed by atoms with Crippen LogP contribution in [0.5, 0.6) is 0 Å².